The molecule has 122 valence electrons. The molecule has 7 heteroatoms. The van der Waals surface area contributed by atoms with E-state index >= 15 is 0 Å². The highest BCUT2D eigenvalue weighted by molar-refractivity contribution is 7.98. The monoisotopic (exact) mass is 382 g/mol. The number of hydrogen-bond acceptors (Lipinski definition) is 5. The normalized spacial score (nSPS) is 11.7. The molecule has 0 aliphatic carbocycles. The molecule has 0 N–H and O–H groups in total. The van der Waals surface area contributed by atoms with E-state index in [0.29, 0.717) is 5.75 Å². The SMILES string of the molecule is Clc1ccc2cccnc2c1CSc1nnc2sc3ccccc3n12. The Labute approximate surface area is 156 Å². The third-order valence-electron chi connectivity index (χ3n) is 4.08. The zero-order valence-electron chi connectivity index (χ0n) is 12.9. The van der Waals surface area contributed by atoms with Crippen molar-refractivity contribution in [2.75, 3.05) is 0 Å². The topological polar surface area (TPSA) is 43.1 Å². The highest BCUT2D eigenvalue weighted by atomic mass is 35.5. The first-order valence-electron chi connectivity index (χ1n) is 7.69. The van der Waals surface area contributed by atoms with Crippen LogP contribution >= 0.6 is 34.7 Å². The van der Waals surface area contributed by atoms with E-state index in [1.165, 1.54) is 4.70 Å². The van der Waals surface area contributed by atoms with E-state index in [4.69, 9.17) is 11.6 Å². The van der Waals surface area contributed by atoms with Gasteiger partial charge in [-0.05, 0) is 24.3 Å². The Kier molecular flexibility index (Phi) is 3.62. The van der Waals surface area contributed by atoms with Crippen LogP contribution in [0.25, 0.3) is 26.1 Å². The number of fused-ring (bicyclic) bond motifs is 4. The molecule has 0 unspecified atom stereocenters. The van der Waals surface area contributed by atoms with Crippen molar-refractivity contribution in [3.8, 4) is 0 Å². The summed E-state index contributed by atoms with van der Waals surface area (Å²) in [5.41, 5.74) is 3.11. The third kappa shape index (κ3) is 2.49. The molecule has 5 rings (SSSR count). The lowest BCUT2D eigenvalue weighted by molar-refractivity contribution is 0.940. The fourth-order valence-corrected chi connectivity index (χ4v) is 5.20. The molecule has 0 aliphatic heterocycles. The average Bonchev–Trinajstić information content (AvgIpc) is 3.20. The summed E-state index contributed by atoms with van der Waals surface area (Å²) in [6.45, 7) is 0. The van der Waals surface area contributed by atoms with E-state index in [2.05, 4.69) is 37.8 Å². The molecule has 3 heterocycles. The number of thiazole rings is 1. The quantitative estimate of drug-likeness (QED) is 0.390. The molecule has 0 radical (unpaired) electrons. The van der Waals surface area contributed by atoms with Gasteiger partial charge in [0.25, 0.3) is 0 Å². The fourth-order valence-electron chi connectivity index (χ4n) is 2.90. The zero-order chi connectivity index (χ0) is 16.8. The predicted octanol–water partition coefficient (Wildman–Crippen LogP) is 5.44. The molecule has 2 aromatic carbocycles. The van der Waals surface area contributed by atoms with Crippen LogP contribution in [0.5, 0.6) is 0 Å². The lowest BCUT2D eigenvalue weighted by atomic mass is 10.1. The zero-order valence-corrected chi connectivity index (χ0v) is 15.3. The summed E-state index contributed by atoms with van der Waals surface area (Å²) in [5.74, 6) is 0.693. The molecule has 4 nitrogen and oxygen atoms in total. The maximum Gasteiger partial charge on any atom is 0.217 e. The summed E-state index contributed by atoms with van der Waals surface area (Å²) in [5, 5.41) is 11.4. The van der Waals surface area contributed by atoms with Crippen molar-refractivity contribution in [3.63, 3.8) is 0 Å². The fraction of sp³-hybridized carbons (Fsp3) is 0.0556. The van der Waals surface area contributed by atoms with E-state index in [-0.39, 0.29) is 0 Å². The van der Waals surface area contributed by atoms with Gasteiger partial charge in [-0.1, -0.05) is 59.0 Å². The Balaban J connectivity index is 1.57. The van der Waals surface area contributed by atoms with Crippen LogP contribution in [0.1, 0.15) is 5.56 Å². The van der Waals surface area contributed by atoms with Crippen LogP contribution in [-0.2, 0) is 5.75 Å². The van der Waals surface area contributed by atoms with Gasteiger partial charge in [-0.25, -0.2) is 0 Å². The number of hydrogen-bond donors (Lipinski definition) is 0. The van der Waals surface area contributed by atoms with Gasteiger partial charge in [0.1, 0.15) is 0 Å². The van der Waals surface area contributed by atoms with Gasteiger partial charge in [0.05, 0.1) is 15.7 Å². The minimum absolute atomic E-state index is 0.693. The number of para-hydroxylation sites is 1. The molecular formula is C18H11ClN4S2. The number of benzene rings is 2. The van der Waals surface area contributed by atoms with Gasteiger partial charge in [0.15, 0.2) is 5.16 Å². The second kappa shape index (κ2) is 5.98. The molecular weight excluding hydrogens is 372 g/mol. The molecule has 0 saturated heterocycles. The Morgan fingerprint density at radius 2 is 1.96 bits per heavy atom. The van der Waals surface area contributed by atoms with E-state index < -0.39 is 0 Å². The maximum absolute atomic E-state index is 6.44. The van der Waals surface area contributed by atoms with Crippen LogP contribution in [-0.4, -0.2) is 19.6 Å². The van der Waals surface area contributed by atoms with E-state index in [1.54, 1.807) is 29.3 Å². The van der Waals surface area contributed by atoms with Crippen molar-refractivity contribution in [3.05, 3.63) is 65.3 Å². The van der Waals surface area contributed by atoms with Crippen molar-refractivity contribution in [1.29, 1.82) is 0 Å². The second-order valence-electron chi connectivity index (χ2n) is 5.56. The summed E-state index contributed by atoms with van der Waals surface area (Å²) < 4.78 is 3.32. The molecule has 0 amide bonds. The lowest BCUT2D eigenvalue weighted by Gasteiger charge is -2.07. The minimum atomic E-state index is 0.693. The average molecular weight is 383 g/mol. The maximum atomic E-state index is 6.44. The first kappa shape index (κ1) is 15.1. The Morgan fingerprint density at radius 3 is 2.92 bits per heavy atom. The molecule has 0 aliphatic rings. The Hall–Kier alpha value is -2.15. The van der Waals surface area contributed by atoms with Gasteiger partial charge in [0.2, 0.25) is 4.96 Å². The van der Waals surface area contributed by atoms with Crippen LogP contribution < -0.4 is 0 Å². The molecule has 0 fully saturated rings. The number of rotatable bonds is 3. The summed E-state index contributed by atoms with van der Waals surface area (Å²) in [6, 6.07) is 16.2. The molecule has 5 aromatic rings. The van der Waals surface area contributed by atoms with E-state index in [9.17, 15) is 0 Å². The van der Waals surface area contributed by atoms with Gasteiger partial charge in [-0.15, -0.1) is 10.2 Å². The largest absolute Gasteiger partial charge is 0.260 e. The van der Waals surface area contributed by atoms with Crippen LogP contribution in [0.4, 0.5) is 0 Å². The smallest absolute Gasteiger partial charge is 0.217 e. The summed E-state index contributed by atoms with van der Waals surface area (Å²) in [6.07, 6.45) is 1.80. The van der Waals surface area contributed by atoms with Crippen LogP contribution in [0, 0.1) is 0 Å². The van der Waals surface area contributed by atoms with Crippen LogP contribution in [0.2, 0.25) is 5.02 Å². The molecule has 3 aromatic heterocycles. The Bertz CT molecular complexity index is 1230. The number of halogens is 1. The molecule has 25 heavy (non-hydrogen) atoms. The van der Waals surface area contributed by atoms with Gasteiger partial charge in [0, 0.05) is 27.9 Å². The van der Waals surface area contributed by atoms with Crippen LogP contribution in [0.3, 0.4) is 0 Å². The number of nitrogens with zero attached hydrogens (tertiary/aromatic N) is 4. The van der Waals surface area contributed by atoms with Crippen molar-refractivity contribution in [2.45, 2.75) is 10.9 Å². The van der Waals surface area contributed by atoms with Crippen LogP contribution in [0.15, 0.2) is 59.9 Å². The summed E-state index contributed by atoms with van der Waals surface area (Å²) in [7, 11) is 0. The van der Waals surface area contributed by atoms with Gasteiger partial charge in [-0.3, -0.25) is 9.38 Å². The second-order valence-corrected chi connectivity index (χ2v) is 7.92. The Morgan fingerprint density at radius 1 is 1.04 bits per heavy atom. The third-order valence-corrected chi connectivity index (χ3v) is 6.40. The van der Waals surface area contributed by atoms with Crippen molar-refractivity contribution < 1.29 is 0 Å². The van der Waals surface area contributed by atoms with E-state index in [1.807, 2.05) is 30.3 Å². The number of aromatic nitrogens is 4. The first-order valence-corrected chi connectivity index (χ1v) is 9.87. The van der Waals surface area contributed by atoms with Crippen molar-refractivity contribution in [1.82, 2.24) is 19.6 Å². The highest BCUT2D eigenvalue weighted by Gasteiger charge is 2.14. The molecule has 0 saturated carbocycles. The van der Waals surface area contributed by atoms with Gasteiger partial charge < -0.3 is 0 Å². The van der Waals surface area contributed by atoms with E-state index in [0.717, 1.165) is 37.1 Å². The molecule has 0 atom stereocenters. The summed E-state index contributed by atoms with van der Waals surface area (Å²) in [4.78, 5) is 5.41. The first-order chi connectivity index (χ1) is 12.3. The number of thioether (sulfide) groups is 1. The van der Waals surface area contributed by atoms with Gasteiger partial charge in [-0.2, -0.15) is 0 Å². The lowest BCUT2D eigenvalue weighted by Crippen LogP contribution is -1.91. The standard InChI is InChI=1S/C18H11ClN4S2/c19-13-8-7-11-4-3-9-20-16(11)12(13)10-24-17-21-22-18-23(17)14-5-1-2-6-15(14)25-18/h1-9H,10H2. The predicted molar refractivity (Wildman–Crippen MR) is 105 cm³/mol. The van der Waals surface area contributed by atoms with Crippen molar-refractivity contribution >= 4 is 60.8 Å². The molecule has 0 spiro atoms. The van der Waals surface area contributed by atoms with Gasteiger partial charge >= 0.3 is 0 Å². The highest BCUT2D eigenvalue weighted by Crippen LogP contribution is 2.33. The van der Waals surface area contributed by atoms with Crippen molar-refractivity contribution in [2.24, 2.45) is 0 Å². The number of pyridine rings is 1. The summed E-state index contributed by atoms with van der Waals surface area (Å²) >= 11 is 9.72. The minimum Gasteiger partial charge on any atom is -0.260 e. The molecule has 0 bridgehead atoms.